The van der Waals surface area contributed by atoms with Crippen molar-refractivity contribution in [1.29, 1.82) is 0 Å². The highest BCUT2D eigenvalue weighted by Crippen LogP contribution is 2.26. The minimum absolute atomic E-state index is 0.292. The van der Waals surface area contributed by atoms with Crippen LogP contribution >= 0.6 is 11.8 Å². The molecule has 0 heterocycles. The van der Waals surface area contributed by atoms with Crippen LogP contribution in [-0.4, -0.2) is 11.8 Å². The molecular weight excluding hydrogens is 226 g/mol. The first kappa shape index (κ1) is 14.6. The molecule has 0 aromatic heterocycles. The topological polar surface area (TPSA) is 26.0 Å². The van der Waals surface area contributed by atoms with E-state index in [1.54, 1.807) is 0 Å². The molecule has 0 spiro atoms. The molecule has 17 heavy (non-hydrogen) atoms. The Balaban J connectivity index is 2.64. The maximum atomic E-state index is 6.05. The van der Waals surface area contributed by atoms with Gasteiger partial charge in [0, 0.05) is 16.7 Å². The molecule has 2 atom stereocenters. The lowest BCUT2D eigenvalue weighted by Crippen LogP contribution is -2.21. The first-order chi connectivity index (χ1) is 8.17. The third-order valence-electron chi connectivity index (χ3n) is 3.20. The monoisotopic (exact) mass is 251 g/mol. The van der Waals surface area contributed by atoms with Crippen LogP contribution in [0.3, 0.4) is 0 Å². The van der Waals surface area contributed by atoms with Crippen molar-refractivity contribution < 1.29 is 0 Å². The van der Waals surface area contributed by atoms with Gasteiger partial charge in [-0.15, -0.1) is 11.8 Å². The summed E-state index contributed by atoms with van der Waals surface area (Å²) in [6, 6.07) is 8.98. The smallest absolute Gasteiger partial charge is 0.0105 e. The van der Waals surface area contributed by atoms with Crippen molar-refractivity contribution in [2.75, 3.05) is 5.75 Å². The van der Waals surface area contributed by atoms with E-state index >= 15 is 0 Å². The minimum Gasteiger partial charge on any atom is -0.327 e. The van der Waals surface area contributed by atoms with Crippen LogP contribution in [0.4, 0.5) is 0 Å². The van der Waals surface area contributed by atoms with Crippen LogP contribution in [0.5, 0.6) is 0 Å². The van der Waals surface area contributed by atoms with Crippen LogP contribution in [0.2, 0.25) is 0 Å². The molecule has 0 aliphatic rings. The van der Waals surface area contributed by atoms with Crippen molar-refractivity contribution in [3.8, 4) is 0 Å². The number of rotatable bonds is 7. The van der Waals surface area contributed by atoms with Gasteiger partial charge in [0.25, 0.3) is 0 Å². The van der Waals surface area contributed by atoms with Crippen molar-refractivity contribution in [1.82, 2.24) is 0 Å². The van der Waals surface area contributed by atoms with Crippen molar-refractivity contribution in [2.45, 2.75) is 51.0 Å². The fourth-order valence-corrected chi connectivity index (χ4v) is 2.80. The van der Waals surface area contributed by atoms with Gasteiger partial charge in [-0.05, 0) is 30.4 Å². The quantitative estimate of drug-likeness (QED) is 0.738. The number of hydrogen-bond acceptors (Lipinski definition) is 2. The highest BCUT2D eigenvalue weighted by molar-refractivity contribution is 7.99. The van der Waals surface area contributed by atoms with Gasteiger partial charge < -0.3 is 5.73 Å². The zero-order valence-corrected chi connectivity index (χ0v) is 12.1. The summed E-state index contributed by atoms with van der Waals surface area (Å²) in [5, 5.41) is 0. The van der Waals surface area contributed by atoms with E-state index in [4.69, 9.17) is 5.73 Å². The highest BCUT2D eigenvalue weighted by atomic mass is 32.2. The predicted molar refractivity (Wildman–Crippen MR) is 78.6 cm³/mol. The molecule has 1 aromatic carbocycles. The molecule has 1 aromatic rings. The summed E-state index contributed by atoms with van der Waals surface area (Å²) in [6.07, 6.45) is 3.30. The minimum atomic E-state index is 0.292. The molecule has 1 rings (SSSR count). The van der Waals surface area contributed by atoms with E-state index in [-0.39, 0.29) is 0 Å². The lowest BCUT2D eigenvalue weighted by molar-refractivity contribution is 0.634. The maximum Gasteiger partial charge on any atom is 0.0105 e. The molecule has 0 aliphatic heterocycles. The second-order valence-electron chi connectivity index (χ2n) is 4.80. The number of nitrogens with two attached hydrogens (primary N) is 1. The Bertz CT molecular complexity index is 324. The van der Waals surface area contributed by atoms with Gasteiger partial charge in [-0.3, -0.25) is 0 Å². The molecular formula is C15H25NS. The van der Waals surface area contributed by atoms with E-state index in [1.807, 2.05) is 11.8 Å². The van der Waals surface area contributed by atoms with Crippen LogP contribution in [0.1, 0.15) is 39.2 Å². The predicted octanol–water partition coefficient (Wildman–Crippen LogP) is 4.10. The second kappa shape index (κ2) is 7.78. The fraction of sp³-hybridized carbons (Fsp3) is 0.600. The van der Waals surface area contributed by atoms with Gasteiger partial charge in [0.05, 0.1) is 0 Å². The normalized spacial score (nSPS) is 14.6. The van der Waals surface area contributed by atoms with Crippen LogP contribution in [0.15, 0.2) is 29.2 Å². The number of benzene rings is 1. The van der Waals surface area contributed by atoms with Gasteiger partial charge in [0.2, 0.25) is 0 Å². The Labute approximate surface area is 110 Å². The van der Waals surface area contributed by atoms with Crippen molar-refractivity contribution in [2.24, 2.45) is 11.7 Å². The third-order valence-corrected chi connectivity index (χ3v) is 4.64. The fourth-order valence-electron chi connectivity index (χ4n) is 1.59. The van der Waals surface area contributed by atoms with Crippen LogP contribution in [0, 0.1) is 5.92 Å². The number of hydrogen-bond donors (Lipinski definition) is 1. The molecule has 0 aliphatic carbocycles. The molecule has 2 N–H and O–H groups in total. The zero-order valence-electron chi connectivity index (χ0n) is 11.3. The summed E-state index contributed by atoms with van der Waals surface area (Å²) in [6.45, 7) is 6.72. The Hall–Kier alpha value is -0.470. The zero-order chi connectivity index (χ0) is 12.7. The molecule has 0 saturated heterocycles. The SMILES string of the molecule is CCC(C)CSc1ccccc1CC(N)CC. The Morgan fingerprint density at radius 1 is 1.18 bits per heavy atom. The van der Waals surface area contributed by atoms with Crippen molar-refractivity contribution in [3.63, 3.8) is 0 Å². The van der Waals surface area contributed by atoms with E-state index in [9.17, 15) is 0 Å². The van der Waals surface area contributed by atoms with E-state index in [2.05, 4.69) is 45.0 Å². The largest absolute Gasteiger partial charge is 0.327 e. The molecule has 0 bridgehead atoms. The molecule has 2 heteroatoms. The maximum absolute atomic E-state index is 6.05. The lowest BCUT2D eigenvalue weighted by atomic mass is 10.1. The second-order valence-corrected chi connectivity index (χ2v) is 5.87. The Morgan fingerprint density at radius 2 is 1.88 bits per heavy atom. The molecule has 0 fully saturated rings. The van der Waals surface area contributed by atoms with Crippen molar-refractivity contribution in [3.05, 3.63) is 29.8 Å². The standard InChI is InChI=1S/C15H25NS/c1-4-12(3)11-17-15-9-7-6-8-13(15)10-14(16)5-2/h6-9,12,14H,4-5,10-11,16H2,1-3H3. The lowest BCUT2D eigenvalue weighted by Gasteiger charge is -2.14. The van der Waals surface area contributed by atoms with Gasteiger partial charge in [-0.25, -0.2) is 0 Å². The van der Waals surface area contributed by atoms with E-state index in [1.165, 1.54) is 22.6 Å². The molecule has 1 nitrogen and oxygen atoms in total. The summed E-state index contributed by atoms with van der Waals surface area (Å²) >= 11 is 1.98. The Kier molecular flexibility index (Phi) is 6.68. The van der Waals surface area contributed by atoms with Gasteiger partial charge in [0.15, 0.2) is 0 Å². The van der Waals surface area contributed by atoms with E-state index in [0.717, 1.165) is 18.8 Å². The first-order valence-corrected chi connectivity index (χ1v) is 7.62. The van der Waals surface area contributed by atoms with Crippen LogP contribution in [-0.2, 0) is 6.42 Å². The van der Waals surface area contributed by atoms with Gasteiger partial charge in [0.1, 0.15) is 0 Å². The highest BCUT2D eigenvalue weighted by Gasteiger charge is 2.08. The Morgan fingerprint density at radius 3 is 2.53 bits per heavy atom. The summed E-state index contributed by atoms with van der Waals surface area (Å²) in [5.41, 5.74) is 7.46. The van der Waals surface area contributed by atoms with Gasteiger partial charge in [-0.2, -0.15) is 0 Å². The summed E-state index contributed by atoms with van der Waals surface area (Å²) in [5.74, 6) is 1.99. The van der Waals surface area contributed by atoms with Crippen molar-refractivity contribution >= 4 is 11.8 Å². The molecule has 96 valence electrons. The summed E-state index contributed by atoms with van der Waals surface area (Å²) in [4.78, 5) is 1.41. The summed E-state index contributed by atoms with van der Waals surface area (Å²) in [7, 11) is 0. The molecule has 0 saturated carbocycles. The van der Waals surface area contributed by atoms with Gasteiger partial charge in [-0.1, -0.05) is 45.4 Å². The summed E-state index contributed by atoms with van der Waals surface area (Å²) < 4.78 is 0. The molecule has 0 amide bonds. The third kappa shape index (κ3) is 5.13. The van der Waals surface area contributed by atoms with Gasteiger partial charge >= 0.3 is 0 Å². The average molecular weight is 251 g/mol. The molecule has 2 unspecified atom stereocenters. The van der Waals surface area contributed by atoms with E-state index in [0.29, 0.717) is 6.04 Å². The van der Waals surface area contributed by atoms with Crippen LogP contribution in [0.25, 0.3) is 0 Å². The first-order valence-electron chi connectivity index (χ1n) is 6.63. The average Bonchev–Trinajstić information content (AvgIpc) is 2.37. The molecule has 0 radical (unpaired) electrons. The van der Waals surface area contributed by atoms with E-state index < -0.39 is 0 Å². The number of thioether (sulfide) groups is 1. The van der Waals surface area contributed by atoms with Crippen LogP contribution < -0.4 is 5.73 Å².